The van der Waals surface area contributed by atoms with E-state index in [9.17, 15) is 4.79 Å². The van der Waals surface area contributed by atoms with Crippen molar-refractivity contribution in [3.05, 3.63) is 46.9 Å². The normalized spacial score (nSPS) is 18.6. The predicted octanol–water partition coefficient (Wildman–Crippen LogP) is 2.09. The Kier molecular flexibility index (Phi) is 6.55. The molecule has 0 aliphatic carbocycles. The molecule has 0 radical (unpaired) electrons. The molecular formula is C21H26ClN7O2. The molecule has 31 heavy (non-hydrogen) atoms. The van der Waals surface area contributed by atoms with Crippen LogP contribution >= 0.6 is 12.4 Å². The number of halogens is 1. The van der Waals surface area contributed by atoms with Crippen LogP contribution < -0.4 is 26.4 Å². The number of pyridine rings is 1. The summed E-state index contributed by atoms with van der Waals surface area (Å²) < 4.78 is 5.42. The van der Waals surface area contributed by atoms with Crippen LogP contribution in [0.5, 0.6) is 0 Å². The highest BCUT2D eigenvalue weighted by Crippen LogP contribution is 2.25. The summed E-state index contributed by atoms with van der Waals surface area (Å²) in [5.74, 6) is 1.02. The van der Waals surface area contributed by atoms with Crippen molar-refractivity contribution in [2.24, 2.45) is 0 Å². The van der Waals surface area contributed by atoms with Gasteiger partial charge in [-0.1, -0.05) is 0 Å². The first-order chi connectivity index (χ1) is 14.8. The van der Waals surface area contributed by atoms with E-state index in [1.807, 2.05) is 12.1 Å². The fourth-order valence-corrected chi connectivity index (χ4v) is 3.92. The van der Waals surface area contributed by atoms with Crippen molar-refractivity contribution >= 4 is 46.5 Å². The Hall–Kier alpha value is -2.88. The smallest absolute Gasteiger partial charge is 0.261 e. The number of ether oxygens (including phenoxy) is 1. The lowest BCUT2D eigenvalue weighted by molar-refractivity contribution is 0.122. The number of hydrogen-bond donors (Lipinski definition) is 4. The first-order valence-corrected chi connectivity index (χ1v) is 10.3. The molecule has 3 aromatic rings. The van der Waals surface area contributed by atoms with E-state index < -0.39 is 0 Å². The Morgan fingerprint density at radius 2 is 1.90 bits per heavy atom. The second-order valence-electron chi connectivity index (χ2n) is 7.57. The molecule has 2 aromatic heterocycles. The highest BCUT2D eigenvalue weighted by molar-refractivity contribution is 5.91. The number of nitrogens with zero attached hydrogens (tertiary/aromatic N) is 3. The molecule has 10 heteroatoms. The van der Waals surface area contributed by atoms with Crippen molar-refractivity contribution in [2.75, 3.05) is 54.9 Å². The SMILES string of the molecule is Cl.O=c1[nH]ccc2nc(N[C@H]3CCNC3)nc(Nc3ccc(N4CCOCC4)cc3)c12. The summed E-state index contributed by atoms with van der Waals surface area (Å²) in [6.45, 7) is 5.14. The molecule has 4 N–H and O–H groups in total. The molecule has 5 rings (SSSR count). The average molecular weight is 444 g/mol. The molecule has 2 fully saturated rings. The number of aromatic amines is 1. The molecule has 1 aromatic carbocycles. The Bertz CT molecular complexity index is 1080. The van der Waals surface area contributed by atoms with Gasteiger partial charge in [0.15, 0.2) is 0 Å². The summed E-state index contributed by atoms with van der Waals surface area (Å²) in [7, 11) is 0. The molecule has 0 amide bonds. The number of rotatable bonds is 5. The Balaban J connectivity index is 0.00000231. The molecule has 9 nitrogen and oxygen atoms in total. The number of anilines is 4. The minimum atomic E-state index is -0.214. The summed E-state index contributed by atoms with van der Waals surface area (Å²) in [5, 5.41) is 10.5. The van der Waals surface area contributed by atoms with E-state index in [1.165, 1.54) is 0 Å². The molecule has 0 bridgehead atoms. The largest absolute Gasteiger partial charge is 0.378 e. The van der Waals surface area contributed by atoms with Gasteiger partial charge in [0.2, 0.25) is 5.95 Å². The standard InChI is InChI=1S/C21H25N7O2.ClH/c29-20-18-17(6-8-23-20)26-21(25-15-5-7-22-13-15)27-19(18)24-14-1-3-16(4-2-14)28-9-11-30-12-10-28;/h1-4,6,8,15,22H,5,7,9-13H2,(H,23,29)(H2,24,25,26,27);1H/t15-;/m0./s1. The molecule has 0 spiro atoms. The van der Waals surface area contributed by atoms with Crippen molar-refractivity contribution < 1.29 is 4.74 Å². The van der Waals surface area contributed by atoms with Gasteiger partial charge in [0.1, 0.15) is 11.2 Å². The highest BCUT2D eigenvalue weighted by atomic mass is 35.5. The van der Waals surface area contributed by atoms with Gasteiger partial charge in [-0.25, -0.2) is 4.98 Å². The molecule has 0 unspecified atom stereocenters. The number of benzene rings is 1. The molecule has 4 heterocycles. The second kappa shape index (κ2) is 9.51. The highest BCUT2D eigenvalue weighted by Gasteiger charge is 2.18. The molecule has 164 valence electrons. The van der Waals surface area contributed by atoms with Crippen molar-refractivity contribution in [1.82, 2.24) is 20.3 Å². The van der Waals surface area contributed by atoms with Crippen LogP contribution in [0.2, 0.25) is 0 Å². The van der Waals surface area contributed by atoms with Gasteiger partial charge in [0.05, 0.1) is 18.7 Å². The zero-order chi connectivity index (χ0) is 20.3. The van der Waals surface area contributed by atoms with E-state index in [-0.39, 0.29) is 24.0 Å². The minimum Gasteiger partial charge on any atom is -0.378 e. The quantitative estimate of drug-likeness (QED) is 0.475. The van der Waals surface area contributed by atoms with E-state index in [4.69, 9.17) is 4.74 Å². The Morgan fingerprint density at radius 1 is 1.10 bits per heavy atom. The molecule has 0 saturated carbocycles. The van der Waals surface area contributed by atoms with Crippen LogP contribution in [0.4, 0.5) is 23.1 Å². The van der Waals surface area contributed by atoms with Crippen LogP contribution in [-0.4, -0.2) is 60.4 Å². The van der Waals surface area contributed by atoms with Crippen LogP contribution in [0.1, 0.15) is 6.42 Å². The molecule has 2 aliphatic heterocycles. The Morgan fingerprint density at radius 3 is 2.65 bits per heavy atom. The van der Waals surface area contributed by atoms with E-state index in [1.54, 1.807) is 12.3 Å². The van der Waals surface area contributed by atoms with Crippen molar-refractivity contribution in [3.8, 4) is 0 Å². The van der Waals surface area contributed by atoms with Gasteiger partial charge in [-0.05, 0) is 43.3 Å². The number of H-pyrrole nitrogens is 1. The zero-order valence-corrected chi connectivity index (χ0v) is 17.9. The van der Waals surface area contributed by atoms with Crippen LogP contribution in [-0.2, 0) is 4.74 Å². The number of nitrogens with one attached hydrogen (secondary N) is 4. The molecular weight excluding hydrogens is 418 g/mol. The average Bonchev–Trinajstić information content (AvgIpc) is 3.28. The molecule has 1 atom stereocenters. The van der Waals surface area contributed by atoms with E-state index in [2.05, 4.69) is 47.9 Å². The van der Waals surface area contributed by atoms with Crippen LogP contribution in [0.15, 0.2) is 41.3 Å². The topological polar surface area (TPSA) is 107 Å². The summed E-state index contributed by atoms with van der Waals surface area (Å²) >= 11 is 0. The number of aromatic nitrogens is 3. The molecule has 2 aliphatic rings. The van der Waals surface area contributed by atoms with Crippen molar-refractivity contribution in [3.63, 3.8) is 0 Å². The van der Waals surface area contributed by atoms with E-state index in [0.29, 0.717) is 22.7 Å². The second-order valence-corrected chi connectivity index (χ2v) is 7.57. The lowest BCUT2D eigenvalue weighted by Crippen LogP contribution is -2.36. The fraction of sp³-hybridized carbons (Fsp3) is 0.381. The van der Waals surface area contributed by atoms with E-state index in [0.717, 1.165) is 57.2 Å². The maximum atomic E-state index is 12.5. The van der Waals surface area contributed by atoms with Gasteiger partial charge >= 0.3 is 0 Å². The van der Waals surface area contributed by atoms with Gasteiger partial charge in [-0.3, -0.25) is 4.79 Å². The fourth-order valence-electron chi connectivity index (χ4n) is 3.92. The summed E-state index contributed by atoms with van der Waals surface area (Å²) in [5.41, 5.74) is 2.41. The van der Waals surface area contributed by atoms with Gasteiger partial charge in [0.25, 0.3) is 5.56 Å². The maximum Gasteiger partial charge on any atom is 0.261 e. The van der Waals surface area contributed by atoms with Crippen LogP contribution in [0, 0.1) is 0 Å². The monoisotopic (exact) mass is 443 g/mol. The Labute approximate surface area is 186 Å². The first kappa shape index (κ1) is 21.4. The van der Waals surface area contributed by atoms with E-state index >= 15 is 0 Å². The maximum absolute atomic E-state index is 12.5. The summed E-state index contributed by atoms with van der Waals surface area (Å²) in [6, 6.07) is 10.2. The van der Waals surface area contributed by atoms with Gasteiger partial charge in [0, 0.05) is 43.2 Å². The third kappa shape index (κ3) is 4.73. The van der Waals surface area contributed by atoms with Gasteiger partial charge in [-0.2, -0.15) is 4.98 Å². The third-order valence-electron chi connectivity index (χ3n) is 5.52. The summed E-state index contributed by atoms with van der Waals surface area (Å²) in [4.78, 5) is 26.7. The lowest BCUT2D eigenvalue weighted by atomic mass is 10.2. The number of hydrogen-bond acceptors (Lipinski definition) is 8. The van der Waals surface area contributed by atoms with Crippen molar-refractivity contribution in [2.45, 2.75) is 12.5 Å². The first-order valence-electron chi connectivity index (χ1n) is 10.3. The predicted molar refractivity (Wildman–Crippen MR) is 125 cm³/mol. The number of fused-ring (bicyclic) bond motifs is 1. The van der Waals surface area contributed by atoms with Gasteiger partial charge in [-0.15, -0.1) is 12.4 Å². The number of morpholine rings is 1. The van der Waals surface area contributed by atoms with Gasteiger partial charge < -0.3 is 30.6 Å². The summed E-state index contributed by atoms with van der Waals surface area (Å²) in [6.07, 6.45) is 2.63. The van der Waals surface area contributed by atoms with Crippen LogP contribution in [0.25, 0.3) is 10.9 Å². The lowest BCUT2D eigenvalue weighted by Gasteiger charge is -2.28. The molecule has 2 saturated heterocycles. The zero-order valence-electron chi connectivity index (χ0n) is 17.1. The third-order valence-corrected chi connectivity index (χ3v) is 5.52. The minimum absolute atomic E-state index is 0. The van der Waals surface area contributed by atoms with Crippen molar-refractivity contribution in [1.29, 1.82) is 0 Å². The van der Waals surface area contributed by atoms with Crippen LogP contribution in [0.3, 0.4) is 0 Å².